The summed E-state index contributed by atoms with van der Waals surface area (Å²) in [6.45, 7) is 7.86. The maximum atomic E-state index is 12.2. The van der Waals surface area contributed by atoms with Gasteiger partial charge in [0.2, 0.25) is 15.9 Å². The zero-order valence-corrected chi connectivity index (χ0v) is 14.8. The summed E-state index contributed by atoms with van der Waals surface area (Å²) in [5.74, 6) is -0.110. The molecule has 1 heterocycles. The minimum atomic E-state index is -3.21. The van der Waals surface area contributed by atoms with Gasteiger partial charge in [0.05, 0.1) is 17.8 Å². The van der Waals surface area contributed by atoms with Crippen LogP contribution in [0.1, 0.15) is 46.5 Å². The van der Waals surface area contributed by atoms with Crippen molar-refractivity contribution in [1.29, 1.82) is 0 Å². The fourth-order valence-electron chi connectivity index (χ4n) is 2.54. The molecule has 0 saturated carbocycles. The number of nitrogens with zero attached hydrogens (tertiary/aromatic N) is 1. The second-order valence-corrected chi connectivity index (χ2v) is 8.17. The Morgan fingerprint density at radius 3 is 2.77 bits per heavy atom. The number of hydrogen-bond acceptors (Lipinski definition) is 4. The van der Waals surface area contributed by atoms with Gasteiger partial charge in [0.25, 0.3) is 0 Å². The Labute approximate surface area is 134 Å². The molecule has 0 unspecified atom stereocenters. The van der Waals surface area contributed by atoms with Gasteiger partial charge in [-0.1, -0.05) is 6.92 Å². The standard InChI is InChI=1S/C15H30N2O4S/c1-4-11-22(19,20)17-9-5-7-14(12-17)15(18)16-8-6-10-21-13(2)3/h13-14H,4-12H2,1-3H3,(H,16,18)/t14-/m1/s1. The lowest BCUT2D eigenvalue weighted by molar-refractivity contribution is -0.126. The molecule has 130 valence electrons. The summed E-state index contributed by atoms with van der Waals surface area (Å²) >= 11 is 0. The summed E-state index contributed by atoms with van der Waals surface area (Å²) in [7, 11) is -3.21. The highest BCUT2D eigenvalue weighted by molar-refractivity contribution is 7.89. The van der Waals surface area contributed by atoms with Crippen molar-refractivity contribution in [1.82, 2.24) is 9.62 Å². The molecule has 1 N–H and O–H groups in total. The number of piperidine rings is 1. The highest BCUT2D eigenvalue weighted by atomic mass is 32.2. The highest BCUT2D eigenvalue weighted by Crippen LogP contribution is 2.20. The third kappa shape index (κ3) is 6.62. The van der Waals surface area contributed by atoms with Crippen molar-refractivity contribution in [2.75, 3.05) is 32.0 Å². The summed E-state index contributed by atoms with van der Waals surface area (Å²) in [5.41, 5.74) is 0. The van der Waals surface area contributed by atoms with E-state index in [2.05, 4.69) is 5.32 Å². The number of amides is 1. The number of hydrogen-bond donors (Lipinski definition) is 1. The fourth-order valence-corrected chi connectivity index (χ4v) is 4.13. The molecule has 22 heavy (non-hydrogen) atoms. The summed E-state index contributed by atoms with van der Waals surface area (Å²) in [4.78, 5) is 12.2. The molecule has 0 aliphatic carbocycles. The second-order valence-electron chi connectivity index (χ2n) is 6.08. The zero-order valence-electron chi connectivity index (χ0n) is 14.0. The molecule has 0 aromatic heterocycles. The van der Waals surface area contributed by atoms with E-state index in [1.54, 1.807) is 0 Å². The summed E-state index contributed by atoms with van der Waals surface area (Å²) in [6.07, 6.45) is 3.08. The van der Waals surface area contributed by atoms with Crippen LogP contribution in [0.3, 0.4) is 0 Å². The van der Waals surface area contributed by atoms with Crippen LogP contribution in [0.4, 0.5) is 0 Å². The van der Waals surface area contributed by atoms with Crippen LogP contribution in [-0.2, 0) is 19.6 Å². The van der Waals surface area contributed by atoms with Crippen LogP contribution in [0.15, 0.2) is 0 Å². The summed E-state index contributed by atoms with van der Waals surface area (Å²) < 4.78 is 31.1. The van der Waals surface area contributed by atoms with E-state index in [0.717, 1.165) is 19.3 Å². The first-order valence-corrected chi connectivity index (χ1v) is 9.85. The first-order valence-electron chi connectivity index (χ1n) is 8.24. The van der Waals surface area contributed by atoms with Gasteiger partial charge in [-0.2, -0.15) is 0 Å². The molecule has 1 amide bonds. The van der Waals surface area contributed by atoms with Crippen LogP contribution < -0.4 is 5.32 Å². The van der Waals surface area contributed by atoms with Crippen molar-refractivity contribution in [3.63, 3.8) is 0 Å². The lowest BCUT2D eigenvalue weighted by Gasteiger charge is -2.31. The molecular formula is C15H30N2O4S. The molecule has 7 heteroatoms. The molecule has 1 fully saturated rings. The van der Waals surface area contributed by atoms with E-state index in [4.69, 9.17) is 4.74 Å². The quantitative estimate of drug-likeness (QED) is 0.646. The number of rotatable bonds is 9. The monoisotopic (exact) mass is 334 g/mol. The van der Waals surface area contributed by atoms with Gasteiger partial charge in [0.1, 0.15) is 0 Å². The molecule has 0 spiro atoms. The van der Waals surface area contributed by atoms with Crippen LogP contribution in [-0.4, -0.2) is 56.7 Å². The Kier molecular flexibility index (Phi) is 8.35. The largest absolute Gasteiger partial charge is 0.379 e. The van der Waals surface area contributed by atoms with Crippen molar-refractivity contribution in [2.24, 2.45) is 5.92 Å². The minimum Gasteiger partial charge on any atom is -0.379 e. The van der Waals surface area contributed by atoms with E-state index in [1.807, 2.05) is 20.8 Å². The van der Waals surface area contributed by atoms with E-state index in [-0.39, 0.29) is 23.7 Å². The maximum Gasteiger partial charge on any atom is 0.224 e. The summed E-state index contributed by atoms with van der Waals surface area (Å²) in [5, 5.41) is 2.89. The lowest BCUT2D eigenvalue weighted by Crippen LogP contribution is -2.46. The second kappa shape index (κ2) is 9.47. The molecule has 0 aromatic rings. The number of nitrogens with one attached hydrogen (secondary N) is 1. The average molecular weight is 334 g/mol. The van der Waals surface area contributed by atoms with Gasteiger partial charge in [0, 0.05) is 26.2 Å². The Morgan fingerprint density at radius 1 is 1.41 bits per heavy atom. The highest BCUT2D eigenvalue weighted by Gasteiger charge is 2.31. The Morgan fingerprint density at radius 2 is 2.14 bits per heavy atom. The van der Waals surface area contributed by atoms with E-state index in [0.29, 0.717) is 32.7 Å². The van der Waals surface area contributed by atoms with Gasteiger partial charge in [-0.05, 0) is 39.5 Å². The topological polar surface area (TPSA) is 75.7 Å². The SMILES string of the molecule is CCCS(=O)(=O)N1CCC[C@@H](C(=O)NCCCOC(C)C)C1. The fraction of sp³-hybridized carbons (Fsp3) is 0.933. The third-order valence-corrected chi connectivity index (χ3v) is 5.72. The Bertz CT molecular complexity index is 437. The normalized spacial score (nSPS) is 20.3. The van der Waals surface area contributed by atoms with Crippen LogP contribution in [0, 0.1) is 5.92 Å². The predicted molar refractivity (Wildman–Crippen MR) is 87.1 cm³/mol. The zero-order chi connectivity index (χ0) is 16.6. The van der Waals surface area contributed by atoms with Crippen molar-refractivity contribution in [3.8, 4) is 0 Å². The van der Waals surface area contributed by atoms with Crippen molar-refractivity contribution in [3.05, 3.63) is 0 Å². The minimum absolute atomic E-state index is 0.0408. The van der Waals surface area contributed by atoms with E-state index >= 15 is 0 Å². The van der Waals surface area contributed by atoms with Crippen LogP contribution in [0.25, 0.3) is 0 Å². The maximum absolute atomic E-state index is 12.2. The van der Waals surface area contributed by atoms with Gasteiger partial charge in [-0.3, -0.25) is 4.79 Å². The number of sulfonamides is 1. The van der Waals surface area contributed by atoms with Gasteiger partial charge >= 0.3 is 0 Å². The first kappa shape index (κ1) is 19.4. The molecule has 6 nitrogen and oxygen atoms in total. The van der Waals surface area contributed by atoms with E-state index in [1.165, 1.54) is 4.31 Å². The molecule has 1 aliphatic heterocycles. The van der Waals surface area contributed by atoms with Gasteiger partial charge in [-0.25, -0.2) is 12.7 Å². The molecule has 0 radical (unpaired) electrons. The van der Waals surface area contributed by atoms with Gasteiger partial charge in [-0.15, -0.1) is 0 Å². The van der Waals surface area contributed by atoms with Crippen molar-refractivity contribution < 1.29 is 17.9 Å². The molecule has 1 atom stereocenters. The number of carbonyl (C=O) groups excluding carboxylic acids is 1. The number of ether oxygens (including phenoxy) is 1. The molecule has 0 aromatic carbocycles. The third-order valence-electron chi connectivity index (χ3n) is 3.68. The lowest BCUT2D eigenvalue weighted by atomic mass is 9.99. The summed E-state index contributed by atoms with van der Waals surface area (Å²) in [6, 6.07) is 0. The van der Waals surface area contributed by atoms with Crippen LogP contribution in [0.2, 0.25) is 0 Å². The van der Waals surface area contributed by atoms with Crippen LogP contribution in [0.5, 0.6) is 0 Å². The van der Waals surface area contributed by atoms with Crippen molar-refractivity contribution in [2.45, 2.75) is 52.6 Å². The smallest absolute Gasteiger partial charge is 0.224 e. The number of carbonyl (C=O) groups is 1. The van der Waals surface area contributed by atoms with Crippen molar-refractivity contribution >= 4 is 15.9 Å². The van der Waals surface area contributed by atoms with E-state index < -0.39 is 10.0 Å². The molecule has 0 bridgehead atoms. The van der Waals surface area contributed by atoms with Gasteiger partial charge in [0.15, 0.2) is 0 Å². The first-order chi connectivity index (χ1) is 10.4. The molecule has 1 rings (SSSR count). The predicted octanol–water partition coefficient (Wildman–Crippen LogP) is 1.37. The molecule has 1 aliphatic rings. The Hall–Kier alpha value is -0.660. The van der Waals surface area contributed by atoms with Crippen LogP contribution >= 0.6 is 0 Å². The van der Waals surface area contributed by atoms with E-state index in [9.17, 15) is 13.2 Å². The molecule has 1 saturated heterocycles. The average Bonchev–Trinajstić information content (AvgIpc) is 2.46. The Balaban J connectivity index is 2.36. The molecular weight excluding hydrogens is 304 g/mol. The van der Waals surface area contributed by atoms with Gasteiger partial charge < -0.3 is 10.1 Å².